The lowest BCUT2D eigenvalue weighted by Crippen LogP contribution is -2.17. The van der Waals surface area contributed by atoms with E-state index in [-0.39, 0.29) is 6.61 Å². The maximum absolute atomic E-state index is 8.73. The molecule has 4 nitrogen and oxygen atoms in total. The van der Waals surface area contributed by atoms with Crippen molar-refractivity contribution >= 4 is 11.6 Å². The molecular formula is C6H10ClN3O. The summed E-state index contributed by atoms with van der Waals surface area (Å²) < 4.78 is 1.70. The van der Waals surface area contributed by atoms with Crippen molar-refractivity contribution in [3.05, 3.63) is 17.2 Å². The van der Waals surface area contributed by atoms with Crippen molar-refractivity contribution < 1.29 is 5.11 Å². The highest BCUT2D eigenvalue weighted by molar-refractivity contribution is 6.30. The highest BCUT2D eigenvalue weighted by Gasteiger charge is 2.13. The van der Waals surface area contributed by atoms with E-state index in [0.717, 1.165) is 0 Å². The number of halogens is 1. The van der Waals surface area contributed by atoms with Gasteiger partial charge in [0.1, 0.15) is 0 Å². The topological polar surface area (TPSA) is 64.1 Å². The molecule has 62 valence electrons. The first-order chi connectivity index (χ1) is 5.16. The minimum absolute atomic E-state index is 0.126. The molecule has 1 heterocycles. The zero-order valence-electron chi connectivity index (χ0n) is 6.16. The number of aliphatic hydroxyl groups is 1. The van der Waals surface area contributed by atoms with Crippen molar-refractivity contribution in [2.75, 3.05) is 6.61 Å². The standard InChI is InChI=1S/C6H10ClN3O/c1-10-3-9-6(7)5(10)4(8)2-11/h3-4,11H,2,8H2,1H3/t4-/m0/s1. The number of nitrogens with zero attached hydrogens (tertiary/aromatic N) is 2. The number of aliphatic hydroxyl groups excluding tert-OH is 1. The molecule has 5 heteroatoms. The van der Waals surface area contributed by atoms with Gasteiger partial charge in [-0.15, -0.1) is 0 Å². The molecule has 0 aliphatic heterocycles. The molecule has 1 atom stereocenters. The summed E-state index contributed by atoms with van der Waals surface area (Å²) in [6, 6.07) is -0.449. The Hall–Kier alpha value is -0.580. The molecule has 0 unspecified atom stereocenters. The van der Waals surface area contributed by atoms with E-state index in [9.17, 15) is 0 Å². The third-order valence-corrected chi connectivity index (χ3v) is 1.77. The Bertz CT molecular complexity index is 228. The number of hydrogen-bond acceptors (Lipinski definition) is 3. The Morgan fingerprint density at radius 1 is 1.91 bits per heavy atom. The molecule has 11 heavy (non-hydrogen) atoms. The zero-order valence-corrected chi connectivity index (χ0v) is 6.91. The third-order valence-electron chi connectivity index (χ3n) is 1.48. The van der Waals surface area contributed by atoms with Crippen LogP contribution in [0.5, 0.6) is 0 Å². The van der Waals surface area contributed by atoms with Gasteiger partial charge < -0.3 is 15.4 Å². The van der Waals surface area contributed by atoms with Gasteiger partial charge in [0.15, 0.2) is 5.15 Å². The first-order valence-electron chi connectivity index (χ1n) is 3.20. The van der Waals surface area contributed by atoms with Crippen LogP contribution < -0.4 is 5.73 Å². The maximum atomic E-state index is 8.73. The van der Waals surface area contributed by atoms with Gasteiger partial charge in [0.25, 0.3) is 0 Å². The lowest BCUT2D eigenvalue weighted by atomic mass is 10.2. The van der Waals surface area contributed by atoms with Crippen molar-refractivity contribution in [1.29, 1.82) is 0 Å². The molecule has 0 amide bonds. The summed E-state index contributed by atoms with van der Waals surface area (Å²) in [6.07, 6.45) is 1.56. The summed E-state index contributed by atoms with van der Waals surface area (Å²) in [5, 5.41) is 9.09. The third kappa shape index (κ3) is 1.53. The van der Waals surface area contributed by atoms with Crippen molar-refractivity contribution in [2.45, 2.75) is 6.04 Å². The van der Waals surface area contributed by atoms with E-state index in [1.165, 1.54) is 0 Å². The van der Waals surface area contributed by atoms with Gasteiger partial charge >= 0.3 is 0 Å². The summed E-state index contributed by atoms with van der Waals surface area (Å²) in [5.74, 6) is 0. The first kappa shape index (κ1) is 8.52. The molecule has 1 rings (SSSR count). The lowest BCUT2D eigenvalue weighted by molar-refractivity contribution is 0.264. The molecule has 1 aromatic heterocycles. The Labute approximate surface area is 69.6 Å². The monoisotopic (exact) mass is 175 g/mol. The van der Waals surface area contributed by atoms with Crippen LogP contribution in [-0.2, 0) is 7.05 Å². The minimum Gasteiger partial charge on any atom is -0.394 e. The molecule has 1 aromatic rings. The van der Waals surface area contributed by atoms with Crippen LogP contribution >= 0.6 is 11.6 Å². The van der Waals surface area contributed by atoms with Gasteiger partial charge in [-0.3, -0.25) is 0 Å². The van der Waals surface area contributed by atoms with Crippen molar-refractivity contribution in [1.82, 2.24) is 9.55 Å². The van der Waals surface area contributed by atoms with Crippen molar-refractivity contribution in [3.63, 3.8) is 0 Å². The molecule has 0 spiro atoms. The van der Waals surface area contributed by atoms with Gasteiger partial charge in [-0.05, 0) is 0 Å². The molecule has 0 aliphatic carbocycles. The van der Waals surface area contributed by atoms with Gasteiger partial charge in [-0.2, -0.15) is 0 Å². The van der Waals surface area contributed by atoms with Crippen LogP contribution in [0.4, 0.5) is 0 Å². The second kappa shape index (κ2) is 3.21. The van der Waals surface area contributed by atoms with Crippen molar-refractivity contribution in [3.8, 4) is 0 Å². The predicted molar refractivity (Wildman–Crippen MR) is 42.2 cm³/mol. The quantitative estimate of drug-likeness (QED) is 0.669. The van der Waals surface area contributed by atoms with E-state index in [2.05, 4.69) is 4.98 Å². The smallest absolute Gasteiger partial charge is 0.151 e. The molecular weight excluding hydrogens is 166 g/mol. The van der Waals surface area contributed by atoms with Crippen LogP contribution in [-0.4, -0.2) is 21.3 Å². The average Bonchev–Trinajstić information content (AvgIpc) is 2.30. The number of aryl methyl sites for hydroxylation is 1. The van der Waals surface area contributed by atoms with Crippen LogP contribution in [0.1, 0.15) is 11.7 Å². The fourth-order valence-electron chi connectivity index (χ4n) is 0.912. The summed E-state index contributed by atoms with van der Waals surface area (Å²) in [6.45, 7) is -0.126. The van der Waals surface area contributed by atoms with Gasteiger partial charge in [0.2, 0.25) is 0 Å². The highest BCUT2D eigenvalue weighted by Crippen LogP contribution is 2.18. The molecule has 0 fully saturated rings. The largest absolute Gasteiger partial charge is 0.394 e. The van der Waals surface area contributed by atoms with Gasteiger partial charge in [0, 0.05) is 7.05 Å². The Balaban J connectivity index is 3.00. The molecule has 0 aliphatic rings. The Morgan fingerprint density at radius 3 is 2.91 bits per heavy atom. The van der Waals surface area contributed by atoms with Crippen LogP contribution in [0.25, 0.3) is 0 Å². The summed E-state index contributed by atoms with van der Waals surface area (Å²) in [7, 11) is 1.78. The number of rotatable bonds is 2. The fourth-order valence-corrected chi connectivity index (χ4v) is 1.23. The average molecular weight is 176 g/mol. The second-order valence-corrected chi connectivity index (χ2v) is 2.68. The Kier molecular flexibility index (Phi) is 2.49. The van der Waals surface area contributed by atoms with E-state index < -0.39 is 6.04 Å². The fraction of sp³-hybridized carbons (Fsp3) is 0.500. The lowest BCUT2D eigenvalue weighted by Gasteiger charge is -2.08. The van der Waals surface area contributed by atoms with E-state index in [4.69, 9.17) is 22.4 Å². The number of imidazole rings is 1. The molecule has 0 aromatic carbocycles. The van der Waals surface area contributed by atoms with Crippen LogP contribution in [0.2, 0.25) is 5.15 Å². The molecule has 0 saturated heterocycles. The van der Waals surface area contributed by atoms with Gasteiger partial charge in [-0.1, -0.05) is 11.6 Å². The normalized spacial score (nSPS) is 13.5. The summed E-state index contributed by atoms with van der Waals surface area (Å²) >= 11 is 5.70. The van der Waals surface area contributed by atoms with Crippen LogP contribution in [0.3, 0.4) is 0 Å². The second-order valence-electron chi connectivity index (χ2n) is 2.32. The molecule has 0 bridgehead atoms. The number of nitrogens with two attached hydrogens (primary N) is 1. The molecule has 3 N–H and O–H groups in total. The zero-order chi connectivity index (χ0) is 8.43. The van der Waals surface area contributed by atoms with E-state index in [1.54, 1.807) is 17.9 Å². The van der Waals surface area contributed by atoms with Gasteiger partial charge in [-0.25, -0.2) is 4.98 Å². The van der Waals surface area contributed by atoms with Crippen LogP contribution in [0, 0.1) is 0 Å². The Morgan fingerprint density at radius 2 is 2.55 bits per heavy atom. The molecule has 0 radical (unpaired) electrons. The van der Waals surface area contributed by atoms with Crippen molar-refractivity contribution in [2.24, 2.45) is 12.8 Å². The summed E-state index contributed by atoms with van der Waals surface area (Å²) in [4.78, 5) is 3.82. The van der Waals surface area contributed by atoms with Gasteiger partial charge in [0.05, 0.1) is 24.7 Å². The van der Waals surface area contributed by atoms with Crippen LogP contribution in [0.15, 0.2) is 6.33 Å². The minimum atomic E-state index is -0.449. The van der Waals surface area contributed by atoms with E-state index >= 15 is 0 Å². The van der Waals surface area contributed by atoms with E-state index in [1.807, 2.05) is 0 Å². The molecule has 0 saturated carbocycles. The SMILES string of the molecule is Cn1cnc(Cl)c1[C@@H](N)CO. The predicted octanol–water partition coefficient (Wildman–Crippen LogP) is 0.0656. The maximum Gasteiger partial charge on any atom is 0.151 e. The number of hydrogen-bond donors (Lipinski definition) is 2. The highest BCUT2D eigenvalue weighted by atomic mass is 35.5. The number of aromatic nitrogens is 2. The van der Waals surface area contributed by atoms with E-state index in [0.29, 0.717) is 10.8 Å². The first-order valence-corrected chi connectivity index (χ1v) is 3.57. The summed E-state index contributed by atoms with van der Waals surface area (Å²) in [5.41, 5.74) is 6.21.